The highest BCUT2D eigenvalue weighted by Crippen LogP contribution is 2.57. The molecule has 23 heteroatoms. The van der Waals surface area contributed by atoms with E-state index in [4.69, 9.17) is 45.4 Å². The van der Waals surface area contributed by atoms with Gasteiger partial charge in [-0.05, 0) is 0 Å². The van der Waals surface area contributed by atoms with E-state index in [1.807, 2.05) is 0 Å². The number of fused-ring (bicyclic) bond motifs is 1. The van der Waals surface area contributed by atoms with Gasteiger partial charge in [0.05, 0.1) is 19.5 Å². The third kappa shape index (κ3) is 9.01. The van der Waals surface area contributed by atoms with Crippen LogP contribution in [-0.4, -0.2) is 122 Å². The SMILES string of the molecule is CC(=O)O[C@@H]1[C@H](O)[C@@H](COP(=O)(O)OP(=O)(O)O)O[C@H]1n1cnc2c(N)ncnc21.O=C[C@H](O)[C@H](O)[C@H](O)CO. The summed E-state index contributed by atoms with van der Waals surface area (Å²) in [5.41, 5.74) is 6.13. The van der Waals surface area contributed by atoms with Gasteiger partial charge in [-0.3, -0.25) is 13.9 Å². The molecule has 0 bridgehead atoms. The predicted molar refractivity (Wildman–Crippen MR) is 125 cm³/mol. The van der Waals surface area contributed by atoms with E-state index in [0.29, 0.717) is 0 Å². The molecule has 3 heterocycles. The molecule has 8 atom stereocenters. The number of nitrogens with two attached hydrogens (primary N) is 1. The number of phosphoric acid groups is 2. The number of aliphatic hydroxyl groups is 5. The number of aldehydes is 1. The highest BCUT2D eigenvalue weighted by atomic mass is 31.3. The number of imidazole rings is 1. The van der Waals surface area contributed by atoms with E-state index in [1.165, 1.54) is 10.9 Å². The maximum atomic E-state index is 11.6. The number of hydrogen-bond acceptors (Lipinski definition) is 17. The first-order chi connectivity index (χ1) is 18.5. The molecule has 3 rings (SSSR count). The highest BCUT2D eigenvalue weighted by Gasteiger charge is 2.48. The Morgan fingerprint density at radius 1 is 1.23 bits per heavy atom. The monoisotopic (exact) mass is 619 g/mol. The first kappa shape index (κ1) is 33.7. The Morgan fingerprint density at radius 2 is 1.88 bits per heavy atom. The van der Waals surface area contributed by atoms with Gasteiger partial charge in [-0.2, -0.15) is 4.31 Å². The third-order valence-corrected chi connectivity index (χ3v) is 7.11. The average Bonchev–Trinajstić information content (AvgIpc) is 3.42. The average molecular weight is 619 g/mol. The summed E-state index contributed by atoms with van der Waals surface area (Å²) >= 11 is 0. The lowest BCUT2D eigenvalue weighted by molar-refractivity contribution is -0.155. The molecule has 0 amide bonds. The lowest BCUT2D eigenvalue weighted by atomic mass is 10.1. The Bertz CT molecular complexity index is 1260. The van der Waals surface area contributed by atoms with Crippen LogP contribution in [0.5, 0.6) is 0 Å². The van der Waals surface area contributed by atoms with Gasteiger partial charge in [0, 0.05) is 6.92 Å². The summed E-state index contributed by atoms with van der Waals surface area (Å²) in [4.78, 5) is 59.7. The second-order valence-electron chi connectivity index (χ2n) is 7.92. The number of carbonyl (C=O) groups is 2. The molecule has 1 saturated heterocycles. The summed E-state index contributed by atoms with van der Waals surface area (Å²) in [5, 5.41) is 44.5. The molecular weight excluding hydrogens is 592 g/mol. The van der Waals surface area contributed by atoms with Crippen LogP contribution in [0.3, 0.4) is 0 Å². The van der Waals surface area contributed by atoms with E-state index in [2.05, 4.69) is 23.8 Å². The standard InChI is InChI=1S/C12H17N5O11P2.C5H10O5/c1-5(18)26-9-8(19)6(2-25-30(23,24)28-29(20,21)22)27-12(9)17-4-16-7-10(13)14-3-15-11(7)17;6-1-3(8)5(10)4(9)2-7/h3-4,6,8-9,12,19H,2H2,1H3,(H,23,24)(H2,13,14,15)(H2,20,21,22);1,3-5,7-10H,2H2/t6-,8-,9-,12-;3-,4+,5-/m10/s1. The van der Waals surface area contributed by atoms with Gasteiger partial charge in [-0.25, -0.2) is 24.1 Å². The summed E-state index contributed by atoms with van der Waals surface area (Å²) in [5.74, 6) is -0.692. The van der Waals surface area contributed by atoms with Crippen LogP contribution >= 0.6 is 15.6 Å². The Hall–Kier alpha value is -2.49. The van der Waals surface area contributed by atoms with E-state index in [1.54, 1.807) is 0 Å². The Balaban J connectivity index is 0.000000478. The Kier molecular flexibility index (Phi) is 11.7. The molecule has 40 heavy (non-hydrogen) atoms. The fraction of sp³-hybridized carbons (Fsp3) is 0.588. The maximum absolute atomic E-state index is 11.6. The van der Waals surface area contributed by atoms with Crippen molar-refractivity contribution >= 4 is 44.9 Å². The van der Waals surface area contributed by atoms with Crippen molar-refractivity contribution in [3.8, 4) is 0 Å². The van der Waals surface area contributed by atoms with E-state index >= 15 is 0 Å². The van der Waals surface area contributed by atoms with Crippen LogP contribution in [-0.2, 0) is 37.0 Å². The molecule has 0 spiro atoms. The van der Waals surface area contributed by atoms with Gasteiger partial charge in [-0.1, -0.05) is 0 Å². The number of aliphatic hydroxyl groups excluding tert-OH is 5. The lowest BCUT2D eigenvalue weighted by Gasteiger charge is -2.21. The zero-order chi connectivity index (χ0) is 30.4. The summed E-state index contributed by atoms with van der Waals surface area (Å²) in [6, 6.07) is 0. The van der Waals surface area contributed by atoms with Crippen LogP contribution < -0.4 is 5.73 Å². The molecule has 0 aliphatic carbocycles. The van der Waals surface area contributed by atoms with Crippen molar-refractivity contribution in [3.63, 3.8) is 0 Å². The van der Waals surface area contributed by atoms with E-state index in [-0.39, 0.29) is 23.3 Å². The van der Waals surface area contributed by atoms with Gasteiger partial charge in [0.1, 0.15) is 42.4 Å². The van der Waals surface area contributed by atoms with E-state index < -0.39 is 77.7 Å². The number of rotatable bonds is 11. The third-order valence-electron chi connectivity index (χ3n) is 4.96. The second kappa shape index (κ2) is 13.9. The minimum absolute atomic E-state index is 0.0667. The smallest absolute Gasteiger partial charge is 0.455 e. The lowest BCUT2D eigenvalue weighted by Crippen LogP contribution is -2.40. The molecule has 21 nitrogen and oxygen atoms in total. The Morgan fingerprint density at radius 3 is 2.42 bits per heavy atom. The summed E-state index contributed by atoms with van der Waals surface area (Å²) in [7, 11) is -10.5. The number of hydrogen-bond donors (Lipinski definition) is 9. The largest absolute Gasteiger partial charge is 0.481 e. The molecule has 0 aromatic carbocycles. The first-order valence-electron chi connectivity index (χ1n) is 10.8. The van der Waals surface area contributed by atoms with Crippen molar-refractivity contribution < 1.29 is 77.2 Å². The van der Waals surface area contributed by atoms with Crippen LogP contribution in [0.2, 0.25) is 0 Å². The zero-order valence-corrected chi connectivity index (χ0v) is 22.1. The molecule has 1 aliphatic heterocycles. The maximum Gasteiger partial charge on any atom is 0.481 e. The van der Waals surface area contributed by atoms with Crippen molar-refractivity contribution in [1.82, 2.24) is 19.5 Å². The summed E-state index contributed by atoms with van der Waals surface area (Å²) in [6.45, 7) is -0.436. The molecule has 10 N–H and O–H groups in total. The fourth-order valence-electron chi connectivity index (χ4n) is 3.20. The zero-order valence-electron chi connectivity index (χ0n) is 20.3. The van der Waals surface area contributed by atoms with Gasteiger partial charge in [0.25, 0.3) is 0 Å². The van der Waals surface area contributed by atoms with E-state index in [0.717, 1.165) is 13.3 Å². The molecule has 1 fully saturated rings. The molecule has 1 unspecified atom stereocenters. The van der Waals surface area contributed by atoms with E-state index in [9.17, 15) is 28.7 Å². The predicted octanol–water partition coefficient (Wildman–Crippen LogP) is -3.91. The number of nitrogen functional groups attached to an aromatic ring is 1. The molecular formula is C17H27N5O16P2. The van der Waals surface area contributed by atoms with Crippen LogP contribution in [0, 0.1) is 0 Å². The molecule has 226 valence electrons. The molecule has 2 aromatic rings. The van der Waals surface area contributed by atoms with Gasteiger partial charge in [0.15, 0.2) is 30.1 Å². The molecule has 1 aliphatic rings. The van der Waals surface area contributed by atoms with Gasteiger partial charge < -0.3 is 60.2 Å². The second-order valence-corrected chi connectivity index (χ2v) is 10.7. The summed E-state index contributed by atoms with van der Waals surface area (Å²) < 4.78 is 42.5. The molecule has 0 saturated carbocycles. The molecule has 0 radical (unpaired) electrons. The number of aromatic nitrogens is 4. The number of carbonyl (C=O) groups excluding carboxylic acids is 2. The van der Waals surface area contributed by atoms with Crippen molar-refractivity contribution in [1.29, 1.82) is 0 Å². The number of ether oxygens (including phenoxy) is 2. The minimum Gasteiger partial charge on any atom is -0.455 e. The minimum atomic E-state index is -5.33. The normalized spacial score (nSPS) is 24.8. The van der Waals surface area contributed by atoms with Gasteiger partial charge in [0.2, 0.25) is 0 Å². The van der Waals surface area contributed by atoms with Gasteiger partial charge in [-0.15, -0.1) is 0 Å². The Labute approximate surface area is 223 Å². The van der Waals surface area contributed by atoms with Crippen molar-refractivity contribution in [3.05, 3.63) is 12.7 Å². The quantitative estimate of drug-likeness (QED) is 0.0658. The van der Waals surface area contributed by atoms with Crippen molar-refractivity contribution in [2.45, 2.75) is 49.8 Å². The van der Waals surface area contributed by atoms with Crippen molar-refractivity contribution in [2.24, 2.45) is 0 Å². The number of nitrogens with zero attached hydrogens (tertiary/aromatic N) is 4. The molecule has 2 aromatic heterocycles. The number of phosphoric ester groups is 1. The number of esters is 1. The number of anilines is 1. The fourth-order valence-corrected chi connectivity index (χ4v) is 4.80. The first-order valence-corrected chi connectivity index (χ1v) is 13.8. The van der Waals surface area contributed by atoms with Crippen molar-refractivity contribution in [2.75, 3.05) is 18.9 Å². The van der Waals surface area contributed by atoms with Crippen LogP contribution in [0.4, 0.5) is 5.82 Å². The highest BCUT2D eigenvalue weighted by molar-refractivity contribution is 7.60. The van der Waals surface area contributed by atoms with Gasteiger partial charge >= 0.3 is 21.6 Å². The van der Waals surface area contributed by atoms with Crippen LogP contribution in [0.1, 0.15) is 13.2 Å². The summed E-state index contributed by atoms with van der Waals surface area (Å²) in [6.07, 6.45) is -7.66. The topological polar surface area (TPSA) is 337 Å². The van der Waals surface area contributed by atoms with Crippen LogP contribution in [0.25, 0.3) is 11.2 Å². The van der Waals surface area contributed by atoms with Crippen LogP contribution in [0.15, 0.2) is 12.7 Å².